The topological polar surface area (TPSA) is 43.4 Å². The molecule has 0 aliphatic rings. The van der Waals surface area contributed by atoms with E-state index in [2.05, 4.69) is 4.18 Å². The molecule has 0 saturated heterocycles. The number of alkyl halides is 3. The lowest BCUT2D eigenvalue weighted by Gasteiger charge is -2.12. The van der Waals surface area contributed by atoms with E-state index in [1.54, 1.807) is 31.2 Å². The molecule has 0 aliphatic carbocycles. The highest BCUT2D eigenvalue weighted by Crippen LogP contribution is 2.33. The third-order valence-electron chi connectivity index (χ3n) is 2.56. The van der Waals surface area contributed by atoms with E-state index in [1.807, 2.05) is 0 Å². The number of fused-ring (bicyclic) bond motifs is 1. The summed E-state index contributed by atoms with van der Waals surface area (Å²) >= 11 is 0. The van der Waals surface area contributed by atoms with Crippen LogP contribution < -0.4 is 4.18 Å². The van der Waals surface area contributed by atoms with Crippen LogP contribution in [0.15, 0.2) is 36.4 Å². The van der Waals surface area contributed by atoms with Gasteiger partial charge in [0.2, 0.25) is 0 Å². The van der Waals surface area contributed by atoms with Crippen molar-refractivity contribution >= 4 is 20.9 Å². The van der Waals surface area contributed by atoms with Crippen molar-refractivity contribution in [3.05, 3.63) is 42.0 Å². The smallest absolute Gasteiger partial charge is 0.375 e. The normalized spacial score (nSPS) is 12.6. The predicted molar refractivity (Wildman–Crippen MR) is 64.3 cm³/mol. The zero-order valence-corrected chi connectivity index (χ0v) is 10.5. The molecule has 0 unspecified atom stereocenters. The highest BCUT2D eigenvalue weighted by Gasteiger charge is 2.48. The van der Waals surface area contributed by atoms with Gasteiger partial charge in [0, 0.05) is 5.39 Å². The van der Waals surface area contributed by atoms with Crippen LogP contribution in [0.25, 0.3) is 10.8 Å². The van der Waals surface area contributed by atoms with Crippen LogP contribution in [0.3, 0.4) is 0 Å². The van der Waals surface area contributed by atoms with E-state index in [-0.39, 0.29) is 5.75 Å². The third-order valence-corrected chi connectivity index (χ3v) is 3.52. The fourth-order valence-electron chi connectivity index (χ4n) is 1.72. The van der Waals surface area contributed by atoms with Crippen molar-refractivity contribution in [2.24, 2.45) is 0 Å². The molecular weight excluding hydrogens is 281 g/mol. The average molecular weight is 290 g/mol. The number of aryl methyl sites for hydroxylation is 1. The summed E-state index contributed by atoms with van der Waals surface area (Å²) in [6, 6.07) is 9.33. The van der Waals surface area contributed by atoms with Crippen LogP contribution in [0.2, 0.25) is 0 Å². The summed E-state index contributed by atoms with van der Waals surface area (Å²) in [5.41, 5.74) is -4.82. The minimum absolute atomic E-state index is 0.326. The molecule has 2 rings (SSSR count). The first-order valence-corrected chi connectivity index (χ1v) is 6.62. The Hall–Kier alpha value is -1.76. The highest BCUT2D eigenvalue weighted by molar-refractivity contribution is 7.88. The summed E-state index contributed by atoms with van der Waals surface area (Å²) in [4.78, 5) is 0. The molecule has 0 radical (unpaired) electrons. The van der Waals surface area contributed by atoms with Crippen LogP contribution >= 0.6 is 0 Å². The molecule has 0 amide bonds. The van der Waals surface area contributed by atoms with Gasteiger partial charge in [-0.1, -0.05) is 30.3 Å². The Morgan fingerprint density at radius 3 is 2.21 bits per heavy atom. The monoisotopic (exact) mass is 290 g/mol. The van der Waals surface area contributed by atoms with Crippen molar-refractivity contribution in [3.8, 4) is 5.75 Å². The Labute approximate surface area is 107 Å². The Balaban J connectivity index is 2.60. The second-order valence-corrected chi connectivity index (χ2v) is 5.45. The summed E-state index contributed by atoms with van der Waals surface area (Å²) in [5.74, 6) is -0.326. The van der Waals surface area contributed by atoms with Crippen molar-refractivity contribution in [1.82, 2.24) is 0 Å². The Morgan fingerprint density at radius 1 is 1.05 bits per heavy atom. The van der Waals surface area contributed by atoms with E-state index in [9.17, 15) is 21.6 Å². The van der Waals surface area contributed by atoms with Crippen molar-refractivity contribution in [2.75, 3.05) is 0 Å². The van der Waals surface area contributed by atoms with Gasteiger partial charge < -0.3 is 4.18 Å². The van der Waals surface area contributed by atoms with E-state index >= 15 is 0 Å². The summed E-state index contributed by atoms with van der Waals surface area (Å²) in [6.45, 7) is 1.66. The van der Waals surface area contributed by atoms with E-state index in [0.29, 0.717) is 16.3 Å². The minimum Gasteiger partial charge on any atom is -0.375 e. The maximum atomic E-state index is 12.3. The van der Waals surface area contributed by atoms with Gasteiger partial charge in [-0.3, -0.25) is 0 Å². The first-order chi connectivity index (χ1) is 8.72. The molecule has 0 aromatic heterocycles. The summed E-state index contributed by atoms with van der Waals surface area (Å²) in [5, 5.41) is 0.952. The van der Waals surface area contributed by atoms with Crippen LogP contribution in [-0.4, -0.2) is 13.9 Å². The minimum atomic E-state index is -5.66. The van der Waals surface area contributed by atoms with Gasteiger partial charge in [-0.25, -0.2) is 0 Å². The van der Waals surface area contributed by atoms with Gasteiger partial charge in [0.25, 0.3) is 0 Å². The maximum Gasteiger partial charge on any atom is 0.534 e. The van der Waals surface area contributed by atoms with Gasteiger partial charge in [0.1, 0.15) is 0 Å². The van der Waals surface area contributed by atoms with Gasteiger partial charge in [0.05, 0.1) is 0 Å². The number of rotatable bonds is 2. The number of halogens is 3. The molecule has 102 valence electrons. The standard InChI is InChI=1S/C12H9F3O3S/c1-8-4-2-5-9-6-3-7-10(11(8)9)18-19(16,17)12(13,14)15/h2-7H,1H3. The van der Waals surface area contributed by atoms with Gasteiger partial charge in [-0.15, -0.1) is 0 Å². The molecule has 2 aromatic rings. The van der Waals surface area contributed by atoms with Crippen LogP contribution in [0, 0.1) is 6.92 Å². The first-order valence-electron chi connectivity index (χ1n) is 5.21. The Bertz CT molecular complexity index is 715. The second-order valence-electron chi connectivity index (χ2n) is 3.91. The zero-order valence-electron chi connectivity index (χ0n) is 9.73. The molecule has 0 bridgehead atoms. The molecule has 2 aromatic carbocycles. The van der Waals surface area contributed by atoms with Crippen molar-refractivity contribution in [1.29, 1.82) is 0 Å². The largest absolute Gasteiger partial charge is 0.534 e. The van der Waals surface area contributed by atoms with Gasteiger partial charge in [-0.2, -0.15) is 21.6 Å². The summed E-state index contributed by atoms with van der Waals surface area (Å²) < 4.78 is 63.2. The fourth-order valence-corrected chi connectivity index (χ4v) is 2.19. The molecule has 0 spiro atoms. The lowest BCUT2D eigenvalue weighted by atomic mass is 10.1. The van der Waals surface area contributed by atoms with E-state index in [4.69, 9.17) is 0 Å². The summed E-state index contributed by atoms with van der Waals surface area (Å²) in [7, 11) is -5.66. The van der Waals surface area contributed by atoms with E-state index < -0.39 is 15.6 Å². The van der Waals surface area contributed by atoms with Gasteiger partial charge >= 0.3 is 15.6 Å². The van der Waals surface area contributed by atoms with Gasteiger partial charge in [-0.05, 0) is 23.9 Å². The molecule has 7 heteroatoms. The number of hydrogen-bond acceptors (Lipinski definition) is 3. The molecule has 3 nitrogen and oxygen atoms in total. The quantitative estimate of drug-likeness (QED) is 0.629. The summed E-state index contributed by atoms with van der Waals surface area (Å²) in [6.07, 6.45) is 0. The van der Waals surface area contributed by atoms with Crippen LogP contribution in [0.1, 0.15) is 5.56 Å². The van der Waals surface area contributed by atoms with Crippen LogP contribution in [-0.2, 0) is 10.1 Å². The lowest BCUT2D eigenvalue weighted by Crippen LogP contribution is -2.28. The Kier molecular flexibility index (Phi) is 3.17. The number of hydrogen-bond donors (Lipinski definition) is 0. The van der Waals surface area contributed by atoms with Crippen molar-refractivity contribution in [2.45, 2.75) is 12.4 Å². The zero-order chi connectivity index (χ0) is 14.3. The molecule has 19 heavy (non-hydrogen) atoms. The van der Waals surface area contributed by atoms with Crippen molar-refractivity contribution < 1.29 is 25.8 Å². The van der Waals surface area contributed by atoms with Crippen LogP contribution in [0.5, 0.6) is 5.75 Å². The predicted octanol–water partition coefficient (Wildman–Crippen LogP) is 3.38. The molecule has 0 N–H and O–H groups in total. The van der Waals surface area contributed by atoms with E-state index in [0.717, 1.165) is 0 Å². The average Bonchev–Trinajstić information content (AvgIpc) is 2.27. The van der Waals surface area contributed by atoms with E-state index in [1.165, 1.54) is 12.1 Å². The molecule has 0 fully saturated rings. The van der Waals surface area contributed by atoms with Gasteiger partial charge in [0.15, 0.2) is 5.75 Å². The Morgan fingerprint density at radius 2 is 1.63 bits per heavy atom. The number of benzene rings is 2. The SMILES string of the molecule is Cc1cccc2cccc(OS(=O)(=O)C(F)(F)F)c12. The molecule has 0 heterocycles. The molecule has 0 saturated carbocycles. The molecular formula is C12H9F3O3S. The second kappa shape index (κ2) is 4.41. The third kappa shape index (κ3) is 2.51. The highest BCUT2D eigenvalue weighted by atomic mass is 32.2. The molecule has 0 aliphatic heterocycles. The van der Waals surface area contributed by atoms with Crippen LogP contribution in [0.4, 0.5) is 13.2 Å². The maximum absolute atomic E-state index is 12.3. The molecule has 0 atom stereocenters. The fraction of sp³-hybridized carbons (Fsp3) is 0.167. The lowest BCUT2D eigenvalue weighted by molar-refractivity contribution is -0.0499. The van der Waals surface area contributed by atoms with Crippen molar-refractivity contribution in [3.63, 3.8) is 0 Å². The first kappa shape index (κ1) is 13.7.